The number of carboxylic acid groups (broad SMARTS) is 1. The van der Waals surface area contributed by atoms with Crippen LogP contribution >= 0.6 is 0 Å². The Morgan fingerprint density at radius 2 is 2.00 bits per heavy atom. The second-order valence-corrected chi connectivity index (χ2v) is 11.0. The normalized spacial score (nSPS) is 24.2. The van der Waals surface area contributed by atoms with Gasteiger partial charge in [-0.1, -0.05) is 51.0 Å². The molecular formula is C30H37FN2O5. The predicted octanol–water partition coefficient (Wildman–Crippen LogP) is 6.09. The SMILES string of the molecule is O=C(O)/C=C/c1ccc(F)c(C(c2nc(C(=O)NCCCCC3CCCCC3)co2)[C@H]2CC3CCC2O3)c1. The molecule has 3 fully saturated rings. The summed E-state index contributed by atoms with van der Waals surface area (Å²) in [7, 11) is 0. The highest BCUT2D eigenvalue weighted by Crippen LogP contribution is 2.48. The fourth-order valence-corrected chi connectivity index (χ4v) is 6.51. The Hall–Kier alpha value is -3.00. The van der Waals surface area contributed by atoms with Crippen LogP contribution in [-0.2, 0) is 9.53 Å². The lowest BCUT2D eigenvalue weighted by Crippen LogP contribution is -2.27. The molecule has 7 nitrogen and oxygen atoms in total. The van der Waals surface area contributed by atoms with E-state index in [1.165, 1.54) is 63.0 Å². The maximum atomic E-state index is 15.2. The van der Waals surface area contributed by atoms with E-state index in [0.29, 0.717) is 17.7 Å². The number of unbranched alkanes of at least 4 members (excludes halogenated alkanes) is 1. The highest BCUT2D eigenvalue weighted by atomic mass is 19.1. The van der Waals surface area contributed by atoms with E-state index in [1.807, 2.05) is 0 Å². The van der Waals surface area contributed by atoms with Gasteiger partial charge in [-0.05, 0) is 55.4 Å². The molecule has 2 N–H and O–H groups in total. The first-order valence-electron chi connectivity index (χ1n) is 14.1. The van der Waals surface area contributed by atoms with Gasteiger partial charge in [0, 0.05) is 24.1 Å². The van der Waals surface area contributed by atoms with Crippen molar-refractivity contribution in [2.45, 2.75) is 88.8 Å². The van der Waals surface area contributed by atoms with Crippen LogP contribution in [0.25, 0.3) is 6.08 Å². The molecule has 8 heteroatoms. The van der Waals surface area contributed by atoms with Gasteiger partial charge in [-0.2, -0.15) is 0 Å². The predicted molar refractivity (Wildman–Crippen MR) is 140 cm³/mol. The zero-order valence-corrected chi connectivity index (χ0v) is 21.7. The van der Waals surface area contributed by atoms with Gasteiger partial charge in [-0.3, -0.25) is 4.79 Å². The van der Waals surface area contributed by atoms with Crippen molar-refractivity contribution in [2.75, 3.05) is 6.54 Å². The van der Waals surface area contributed by atoms with Gasteiger partial charge in [-0.25, -0.2) is 14.2 Å². The summed E-state index contributed by atoms with van der Waals surface area (Å²) >= 11 is 0. The van der Waals surface area contributed by atoms with Crippen LogP contribution in [0.5, 0.6) is 0 Å². The number of amides is 1. The van der Waals surface area contributed by atoms with E-state index in [4.69, 9.17) is 14.3 Å². The van der Waals surface area contributed by atoms with Gasteiger partial charge in [0.25, 0.3) is 5.91 Å². The Bertz CT molecular complexity index is 1160. The molecule has 1 saturated carbocycles. The summed E-state index contributed by atoms with van der Waals surface area (Å²) < 4.78 is 27.1. The van der Waals surface area contributed by atoms with Crippen LogP contribution in [0.3, 0.4) is 0 Å². The summed E-state index contributed by atoms with van der Waals surface area (Å²) in [4.78, 5) is 28.3. The molecule has 2 aromatic rings. The topological polar surface area (TPSA) is 102 Å². The first kappa shape index (κ1) is 26.6. The van der Waals surface area contributed by atoms with Crippen molar-refractivity contribution in [3.63, 3.8) is 0 Å². The average Bonchev–Trinajstić information content (AvgIpc) is 3.68. The number of fused-ring (bicyclic) bond motifs is 2. The van der Waals surface area contributed by atoms with E-state index in [0.717, 1.165) is 44.1 Å². The summed E-state index contributed by atoms with van der Waals surface area (Å²) in [5.74, 6) is -1.26. The number of benzene rings is 1. The lowest BCUT2D eigenvalue weighted by molar-refractivity contribution is -0.131. The Labute approximate surface area is 222 Å². The van der Waals surface area contributed by atoms with Gasteiger partial charge in [0.1, 0.15) is 12.1 Å². The number of hydrogen-bond acceptors (Lipinski definition) is 5. The van der Waals surface area contributed by atoms with Crippen molar-refractivity contribution in [1.82, 2.24) is 10.3 Å². The Balaban J connectivity index is 1.28. The van der Waals surface area contributed by atoms with Crippen molar-refractivity contribution in [3.8, 4) is 0 Å². The van der Waals surface area contributed by atoms with Crippen LogP contribution in [0.15, 0.2) is 35.0 Å². The third-order valence-corrected chi connectivity index (χ3v) is 8.42. The van der Waals surface area contributed by atoms with Gasteiger partial charge in [-0.15, -0.1) is 0 Å². The van der Waals surface area contributed by atoms with Crippen molar-refractivity contribution in [1.29, 1.82) is 0 Å². The molecule has 2 aliphatic heterocycles. The number of rotatable bonds is 11. The lowest BCUT2D eigenvalue weighted by atomic mass is 9.76. The highest BCUT2D eigenvalue weighted by Gasteiger charge is 2.47. The molecule has 3 unspecified atom stereocenters. The molecule has 38 heavy (non-hydrogen) atoms. The maximum Gasteiger partial charge on any atom is 0.328 e. The number of aliphatic carboxylic acids is 1. The van der Waals surface area contributed by atoms with Crippen LogP contribution < -0.4 is 5.32 Å². The molecule has 3 aliphatic rings. The van der Waals surface area contributed by atoms with Crippen LogP contribution in [0.4, 0.5) is 4.39 Å². The monoisotopic (exact) mass is 524 g/mol. The number of ether oxygens (including phenoxy) is 1. The Kier molecular flexibility index (Phi) is 8.57. The number of nitrogens with zero attached hydrogens (tertiary/aromatic N) is 1. The minimum Gasteiger partial charge on any atom is -0.478 e. The van der Waals surface area contributed by atoms with E-state index in [9.17, 15) is 9.59 Å². The molecule has 3 heterocycles. The van der Waals surface area contributed by atoms with E-state index in [2.05, 4.69) is 10.3 Å². The number of aromatic nitrogens is 1. The van der Waals surface area contributed by atoms with Gasteiger partial charge in [0.15, 0.2) is 5.69 Å². The van der Waals surface area contributed by atoms with E-state index in [1.54, 1.807) is 6.07 Å². The van der Waals surface area contributed by atoms with Crippen LogP contribution in [0.1, 0.15) is 104 Å². The van der Waals surface area contributed by atoms with Gasteiger partial charge >= 0.3 is 5.97 Å². The van der Waals surface area contributed by atoms with Crippen LogP contribution in [0, 0.1) is 17.7 Å². The number of hydrogen-bond donors (Lipinski definition) is 2. The molecule has 1 amide bonds. The first-order chi connectivity index (χ1) is 18.5. The smallest absolute Gasteiger partial charge is 0.328 e. The summed E-state index contributed by atoms with van der Waals surface area (Å²) in [6, 6.07) is 4.51. The fourth-order valence-electron chi connectivity index (χ4n) is 6.51. The zero-order valence-electron chi connectivity index (χ0n) is 21.7. The lowest BCUT2D eigenvalue weighted by Gasteiger charge is -2.27. The molecule has 1 aromatic carbocycles. The van der Waals surface area contributed by atoms with Crippen molar-refractivity contribution in [2.24, 2.45) is 11.8 Å². The molecule has 2 saturated heterocycles. The summed E-state index contributed by atoms with van der Waals surface area (Å²) in [5.41, 5.74) is 1.12. The number of oxazole rings is 1. The number of carbonyl (C=O) groups is 2. The van der Waals surface area contributed by atoms with Crippen molar-refractivity contribution in [3.05, 3.63) is 59.1 Å². The number of nitrogens with one attached hydrogen (secondary N) is 1. The number of carbonyl (C=O) groups excluding carboxylic acids is 1. The minimum atomic E-state index is -1.08. The molecule has 2 bridgehead atoms. The summed E-state index contributed by atoms with van der Waals surface area (Å²) in [6.45, 7) is 0.587. The largest absolute Gasteiger partial charge is 0.478 e. The first-order valence-corrected chi connectivity index (χ1v) is 14.1. The van der Waals surface area contributed by atoms with E-state index < -0.39 is 17.7 Å². The molecule has 1 aromatic heterocycles. The van der Waals surface area contributed by atoms with E-state index >= 15 is 4.39 Å². The van der Waals surface area contributed by atoms with Crippen molar-refractivity contribution >= 4 is 18.0 Å². The number of halogens is 1. The molecular weight excluding hydrogens is 487 g/mol. The second-order valence-electron chi connectivity index (χ2n) is 11.0. The maximum absolute atomic E-state index is 15.2. The van der Waals surface area contributed by atoms with Gasteiger partial charge in [0.05, 0.1) is 18.1 Å². The van der Waals surface area contributed by atoms with Gasteiger partial charge in [0.2, 0.25) is 5.89 Å². The molecule has 5 rings (SSSR count). The van der Waals surface area contributed by atoms with Crippen LogP contribution in [-0.4, -0.2) is 40.7 Å². The van der Waals surface area contributed by atoms with Crippen LogP contribution in [0.2, 0.25) is 0 Å². The quantitative estimate of drug-likeness (QED) is 0.272. The highest BCUT2D eigenvalue weighted by molar-refractivity contribution is 5.91. The van der Waals surface area contributed by atoms with Gasteiger partial charge < -0.3 is 19.6 Å². The average molecular weight is 525 g/mol. The fraction of sp³-hybridized carbons (Fsp3) is 0.567. The Morgan fingerprint density at radius 3 is 2.74 bits per heavy atom. The summed E-state index contributed by atoms with van der Waals surface area (Å²) in [6.07, 6.45) is 16.5. The molecule has 4 atom stereocenters. The van der Waals surface area contributed by atoms with E-state index in [-0.39, 0.29) is 35.6 Å². The molecule has 204 valence electrons. The second kappa shape index (κ2) is 12.2. The van der Waals surface area contributed by atoms with Crippen molar-refractivity contribution < 1.29 is 28.2 Å². The molecule has 0 radical (unpaired) electrons. The third kappa shape index (κ3) is 6.34. The Morgan fingerprint density at radius 1 is 1.16 bits per heavy atom. The summed E-state index contributed by atoms with van der Waals surface area (Å²) in [5, 5.41) is 11.9. The number of carboxylic acids is 1. The third-order valence-electron chi connectivity index (χ3n) is 8.42. The molecule has 1 aliphatic carbocycles. The standard InChI is InChI=1S/C30H37FN2O5/c31-24-12-9-20(10-14-27(34)35)16-22(24)28(23-17-21-11-13-26(23)38-21)30-33-25(18-37-30)29(36)32-15-5-4-8-19-6-2-1-3-7-19/h9-10,12,14,16,18-19,21,23,26,28H,1-8,11,13,15,17H2,(H,32,36)(H,34,35)/b14-10+/t21?,23-,26?,28?/m0/s1. The zero-order chi connectivity index (χ0) is 26.5. The minimum absolute atomic E-state index is 0.0315. The molecule has 0 spiro atoms.